The summed E-state index contributed by atoms with van der Waals surface area (Å²) in [5.74, 6) is 3.52. The third-order valence-corrected chi connectivity index (χ3v) is 13.2. The van der Waals surface area contributed by atoms with Crippen molar-refractivity contribution >= 4 is 24.3 Å². The minimum absolute atomic E-state index is 0. The molecule has 4 fully saturated rings. The van der Waals surface area contributed by atoms with E-state index in [4.69, 9.17) is 30.1 Å². The number of carbonyl (C=O) groups is 2. The Hall–Kier alpha value is -6.75. The van der Waals surface area contributed by atoms with Crippen LogP contribution >= 0.6 is 12.4 Å². The fraction of sp³-hybridized carbons (Fsp3) is 0.396. The summed E-state index contributed by atoms with van der Waals surface area (Å²) in [6.07, 6.45) is 6.15. The van der Waals surface area contributed by atoms with E-state index < -0.39 is 5.97 Å². The monoisotopic (exact) mass is 952 g/mol. The number of ether oxygens (including phenoxy) is 2. The number of aromatic carboxylic acids is 1. The molecule has 4 saturated heterocycles. The minimum atomic E-state index is -0.953. The first-order valence-electron chi connectivity index (χ1n) is 23.1. The molecule has 0 bridgehead atoms. The van der Waals surface area contributed by atoms with Gasteiger partial charge in [-0.05, 0) is 148 Å². The van der Waals surface area contributed by atoms with E-state index in [-0.39, 0.29) is 43.1 Å². The Morgan fingerprint density at radius 2 is 1.09 bits per heavy atom. The van der Waals surface area contributed by atoms with Crippen LogP contribution in [0.25, 0.3) is 22.8 Å². The first-order chi connectivity index (χ1) is 32.7. The third-order valence-electron chi connectivity index (χ3n) is 13.2. The van der Waals surface area contributed by atoms with Crippen LogP contribution in [0, 0.1) is 36.5 Å². The molecule has 2 unspecified atom stereocenters. The second-order valence-electron chi connectivity index (χ2n) is 17.6. The van der Waals surface area contributed by atoms with E-state index >= 15 is 0 Å². The Bertz CT molecular complexity index is 2720. The quantitative estimate of drug-likeness (QED) is 0.112. The molecule has 1 amide bonds. The summed E-state index contributed by atoms with van der Waals surface area (Å²) in [5.41, 5.74) is 8.57. The highest BCUT2D eigenvalue weighted by Gasteiger charge is 2.27. The number of likely N-dealkylation sites (tertiary alicyclic amines) is 1. The van der Waals surface area contributed by atoms with E-state index in [1.807, 2.05) is 73.3 Å². The van der Waals surface area contributed by atoms with Crippen molar-refractivity contribution in [2.45, 2.75) is 83.5 Å². The Kier molecular flexibility index (Phi) is 18.3. The molecule has 4 aliphatic rings. The maximum absolute atomic E-state index is 13.3. The molecule has 16 heteroatoms. The number of H-pyrrole nitrogens is 2. The number of aromatic amines is 2. The normalized spacial score (nSPS) is 17.9. The second kappa shape index (κ2) is 24.5. The average molecular weight is 954 g/mol. The van der Waals surface area contributed by atoms with Crippen molar-refractivity contribution in [3.05, 3.63) is 141 Å². The van der Waals surface area contributed by atoms with Gasteiger partial charge in [-0.2, -0.15) is 20.7 Å². The second-order valence-corrected chi connectivity index (χ2v) is 17.6. The number of carboxylic acids is 1. The van der Waals surface area contributed by atoms with E-state index in [9.17, 15) is 9.59 Å². The van der Waals surface area contributed by atoms with Gasteiger partial charge < -0.3 is 24.8 Å². The lowest BCUT2D eigenvalue weighted by Gasteiger charge is -2.32. The van der Waals surface area contributed by atoms with Crippen LogP contribution in [-0.4, -0.2) is 105 Å². The van der Waals surface area contributed by atoms with Crippen molar-refractivity contribution in [1.29, 1.82) is 10.5 Å². The number of benzene rings is 4. The molecule has 0 saturated carbocycles. The van der Waals surface area contributed by atoms with Gasteiger partial charge in [0.05, 0.1) is 42.0 Å². The van der Waals surface area contributed by atoms with Gasteiger partial charge in [-0.25, -0.2) is 14.8 Å². The predicted octanol–water partition coefficient (Wildman–Crippen LogP) is 9.24. The van der Waals surface area contributed by atoms with Gasteiger partial charge in [0.1, 0.15) is 11.6 Å². The standard InChI is InChI=1S/C26H27N5O2.C14H15N3O3.C12H14N2.CH4.ClH/c1-17-2-5-21(14-23(17)25-28-24(29-30-25)22-10-13-33-16-22)26(32)31-11-8-20(9-12-31)19-6-3-18(15-27)4-7-19;1-8-2-3-9(14(18)19)6-11(8)13-15-12(16-17-13)10-4-5-20-7-10;13-9-10-1-3-11(4-2-10)12-5-7-14-8-6-12;;/h2-7,14,20,22H,8-13,16H2,1H3,(H,28,29,30);2-3,6,10H,4-5,7H2,1H3,(H,18,19)(H,15,16,17);1-4,12,14H,5-8H2;1H4;1H. The number of nitrogens with zero attached hydrogens (tertiary/aromatic N) is 7. The molecule has 360 valence electrons. The predicted molar refractivity (Wildman–Crippen MR) is 265 cm³/mol. The Labute approximate surface area is 410 Å². The molecule has 15 nitrogen and oxygen atoms in total. The van der Waals surface area contributed by atoms with E-state index in [1.165, 1.54) is 24.0 Å². The van der Waals surface area contributed by atoms with Crippen LogP contribution in [0.5, 0.6) is 0 Å². The van der Waals surface area contributed by atoms with Crippen molar-refractivity contribution < 1.29 is 24.2 Å². The molecule has 0 radical (unpaired) electrons. The number of aromatic nitrogens is 6. The number of piperidine rings is 2. The Morgan fingerprint density at radius 3 is 1.52 bits per heavy atom. The van der Waals surface area contributed by atoms with Gasteiger partial charge in [0.15, 0.2) is 11.6 Å². The van der Waals surface area contributed by atoms with Gasteiger partial charge in [0, 0.05) is 54.8 Å². The van der Waals surface area contributed by atoms with E-state index in [1.54, 1.807) is 18.2 Å². The average Bonchev–Trinajstić information content (AvgIpc) is 4.24. The molecule has 69 heavy (non-hydrogen) atoms. The van der Waals surface area contributed by atoms with Crippen molar-refractivity contribution in [3.63, 3.8) is 0 Å². The number of nitrogens with one attached hydrogen (secondary N) is 3. The van der Waals surface area contributed by atoms with Crippen molar-refractivity contribution in [3.8, 4) is 34.9 Å². The van der Waals surface area contributed by atoms with Gasteiger partial charge >= 0.3 is 5.97 Å². The largest absolute Gasteiger partial charge is 0.478 e. The highest BCUT2D eigenvalue weighted by molar-refractivity contribution is 5.95. The van der Waals surface area contributed by atoms with Gasteiger partial charge in [-0.15, -0.1) is 12.4 Å². The molecular weight excluding hydrogens is 892 g/mol. The molecule has 0 spiro atoms. The molecular formula is C53H61ClN10O5. The first-order valence-corrected chi connectivity index (χ1v) is 23.1. The number of aryl methyl sites for hydroxylation is 2. The molecule has 4 aliphatic heterocycles. The highest BCUT2D eigenvalue weighted by atomic mass is 35.5. The number of carboxylic acid groups (broad SMARTS) is 1. The van der Waals surface area contributed by atoms with Crippen LogP contribution in [-0.2, 0) is 9.47 Å². The lowest BCUT2D eigenvalue weighted by atomic mass is 9.89. The van der Waals surface area contributed by atoms with Gasteiger partial charge in [-0.1, -0.05) is 43.8 Å². The zero-order chi connectivity index (χ0) is 46.7. The van der Waals surface area contributed by atoms with Crippen LogP contribution in [0.1, 0.15) is 135 Å². The molecule has 4 N–H and O–H groups in total. The number of carbonyl (C=O) groups excluding carboxylic acids is 1. The van der Waals surface area contributed by atoms with Crippen LogP contribution in [0.3, 0.4) is 0 Å². The fourth-order valence-corrected chi connectivity index (χ4v) is 9.06. The molecule has 0 aliphatic carbocycles. The summed E-state index contributed by atoms with van der Waals surface area (Å²) in [4.78, 5) is 35.4. The fourth-order valence-electron chi connectivity index (χ4n) is 9.06. The number of rotatable bonds is 8. The van der Waals surface area contributed by atoms with Gasteiger partial charge in [0.2, 0.25) is 0 Å². The smallest absolute Gasteiger partial charge is 0.335 e. The molecule has 4 aromatic carbocycles. The summed E-state index contributed by atoms with van der Waals surface area (Å²) in [6, 6.07) is 30.9. The lowest BCUT2D eigenvalue weighted by Crippen LogP contribution is -2.37. The zero-order valence-corrected chi connectivity index (χ0v) is 39.2. The van der Waals surface area contributed by atoms with Gasteiger partial charge in [-0.3, -0.25) is 15.0 Å². The molecule has 2 aromatic heterocycles. The lowest BCUT2D eigenvalue weighted by molar-refractivity contribution is 0.0693. The number of nitriles is 2. The summed E-state index contributed by atoms with van der Waals surface area (Å²) in [5, 5.41) is 44.7. The molecule has 6 aromatic rings. The maximum Gasteiger partial charge on any atom is 0.335 e. The first kappa shape index (κ1) is 51.6. The SMILES string of the molecule is C.Cc1ccc(C(=O)N2CCC(c3ccc(C#N)cc3)CC2)cc1-c1n[nH]c(C2CCOC2)n1.Cc1ccc(C(=O)O)cc1-c1n[nH]c(C2CCOC2)n1.Cl.N#Cc1ccc(C2CCNCC2)cc1. The molecule has 10 rings (SSSR count). The maximum atomic E-state index is 13.3. The number of hydrogen-bond donors (Lipinski definition) is 4. The summed E-state index contributed by atoms with van der Waals surface area (Å²) in [7, 11) is 0. The summed E-state index contributed by atoms with van der Waals surface area (Å²) < 4.78 is 10.8. The van der Waals surface area contributed by atoms with Crippen molar-refractivity contribution in [1.82, 2.24) is 40.6 Å². The topological polar surface area (TPSA) is 219 Å². The minimum Gasteiger partial charge on any atom is -0.478 e. The van der Waals surface area contributed by atoms with E-state index in [0.717, 1.165) is 105 Å². The number of amides is 1. The van der Waals surface area contributed by atoms with E-state index in [0.29, 0.717) is 47.8 Å². The van der Waals surface area contributed by atoms with Crippen molar-refractivity contribution in [2.24, 2.45) is 0 Å². The van der Waals surface area contributed by atoms with Crippen molar-refractivity contribution in [2.75, 3.05) is 52.6 Å². The van der Waals surface area contributed by atoms with E-state index in [2.05, 4.69) is 55.0 Å². The molecule has 2 atom stereocenters. The zero-order valence-electron chi connectivity index (χ0n) is 38.4. The Balaban J connectivity index is 0.000000185. The van der Waals surface area contributed by atoms with Crippen LogP contribution < -0.4 is 5.32 Å². The summed E-state index contributed by atoms with van der Waals surface area (Å²) >= 11 is 0. The number of hydrogen-bond acceptors (Lipinski definition) is 11. The Morgan fingerprint density at radius 1 is 0.638 bits per heavy atom. The molecule has 6 heterocycles. The number of halogens is 1. The van der Waals surface area contributed by atoms with Crippen LogP contribution in [0.15, 0.2) is 84.9 Å². The van der Waals surface area contributed by atoms with Gasteiger partial charge in [0.25, 0.3) is 5.91 Å². The highest BCUT2D eigenvalue weighted by Crippen LogP contribution is 2.32. The summed E-state index contributed by atoms with van der Waals surface area (Å²) in [6.45, 7) is 10.4. The van der Waals surface area contributed by atoms with Crippen LogP contribution in [0.2, 0.25) is 0 Å². The third kappa shape index (κ3) is 12.9. The van der Waals surface area contributed by atoms with Crippen LogP contribution in [0.4, 0.5) is 0 Å².